The van der Waals surface area contributed by atoms with Gasteiger partial charge in [-0.2, -0.15) is 0 Å². The van der Waals surface area contributed by atoms with Gasteiger partial charge in [0, 0.05) is 18.1 Å². The van der Waals surface area contributed by atoms with Crippen LogP contribution < -0.4 is 4.90 Å². The first-order chi connectivity index (χ1) is 8.11. The zero-order valence-corrected chi connectivity index (χ0v) is 12.2. The van der Waals surface area contributed by atoms with E-state index in [0.717, 1.165) is 24.3 Å². The van der Waals surface area contributed by atoms with Crippen LogP contribution in [0.3, 0.4) is 0 Å². The number of nitrogens with zero attached hydrogens (tertiary/aromatic N) is 2. The van der Waals surface area contributed by atoms with Crippen molar-refractivity contribution in [2.45, 2.75) is 38.2 Å². The van der Waals surface area contributed by atoms with E-state index in [9.17, 15) is 0 Å². The molecule has 0 spiro atoms. The molecule has 2 rings (SSSR count). The van der Waals surface area contributed by atoms with Gasteiger partial charge in [0.1, 0.15) is 5.82 Å². The number of hydrogen-bond acceptors (Lipinski definition) is 3. The normalized spacial score (nSPS) is 25.1. The highest BCUT2D eigenvalue weighted by molar-refractivity contribution is 9.08. The Morgan fingerprint density at radius 2 is 2.29 bits per heavy atom. The standard InChI is InChI=1S/C13H19BrN2O/c1-9-4-12(5-14)6-15-13(9)16-7-11(3)17-8-10(16)2/h4,6,10-11H,5,7-8H2,1-3H3. The number of rotatable bonds is 2. The van der Waals surface area contributed by atoms with Crippen molar-refractivity contribution < 1.29 is 4.74 Å². The highest BCUT2D eigenvalue weighted by atomic mass is 79.9. The van der Waals surface area contributed by atoms with Crippen molar-refractivity contribution >= 4 is 21.7 Å². The number of alkyl halides is 1. The zero-order chi connectivity index (χ0) is 12.4. The van der Waals surface area contributed by atoms with Gasteiger partial charge in [0.2, 0.25) is 0 Å². The summed E-state index contributed by atoms with van der Waals surface area (Å²) in [5.74, 6) is 1.09. The van der Waals surface area contributed by atoms with Crippen LogP contribution >= 0.6 is 15.9 Å². The average Bonchev–Trinajstić information content (AvgIpc) is 2.32. The van der Waals surface area contributed by atoms with E-state index in [1.165, 1.54) is 11.1 Å². The van der Waals surface area contributed by atoms with Gasteiger partial charge in [0.15, 0.2) is 0 Å². The number of aromatic nitrogens is 1. The summed E-state index contributed by atoms with van der Waals surface area (Å²) in [7, 11) is 0. The van der Waals surface area contributed by atoms with Gasteiger partial charge >= 0.3 is 0 Å². The molecule has 1 saturated heterocycles. The highest BCUT2D eigenvalue weighted by Gasteiger charge is 2.25. The predicted octanol–water partition coefficient (Wildman–Crippen LogP) is 2.90. The lowest BCUT2D eigenvalue weighted by atomic mass is 10.1. The summed E-state index contributed by atoms with van der Waals surface area (Å²) in [6.07, 6.45) is 2.23. The molecule has 1 aliphatic rings. The van der Waals surface area contributed by atoms with Gasteiger partial charge in [-0.25, -0.2) is 4.98 Å². The number of anilines is 1. The number of ether oxygens (including phenoxy) is 1. The molecule has 0 aromatic carbocycles. The van der Waals surface area contributed by atoms with Crippen molar-refractivity contribution in [3.8, 4) is 0 Å². The maximum Gasteiger partial charge on any atom is 0.131 e. The number of halogens is 1. The number of hydrogen-bond donors (Lipinski definition) is 0. The number of pyridine rings is 1. The Hall–Kier alpha value is -0.610. The molecular weight excluding hydrogens is 280 g/mol. The molecule has 0 saturated carbocycles. The summed E-state index contributed by atoms with van der Waals surface area (Å²) in [5.41, 5.74) is 2.46. The lowest BCUT2D eigenvalue weighted by Gasteiger charge is -2.38. The third-order valence-electron chi connectivity index (χ3n) is 3.14. The van der Waals surface area contributed by atoms with Crippen LogP contribution in [0.15, 0.2) is 12.3 Å². The molecule has 1 aromatic heterocycles. The number of aryl methyl sites for hydroxylation is 1. The van der Waals surface area contributed by atoms with E-state index in [1.54, 1.807) is 0 Å². The third-order valence-corrected chi connectivity index (χ3v) is 3.79. The van der Waals surface area contributed by atoms with Crippen LogP contribution in [0.1, 0.15) is 25.0 Å². The molecule has 0 N–H and O–H groups in total. The fourth-order valence-electron chi connectivity index (χ4n) is 2.20. The fourth-order valence-corrected chi connectivity index (χ4v) is 2.50. The van der Waals surface area contributed by atoms with E-state index in [0.29, 0.717) is 6.04 Å². The minimum absolute atomic E-state index is 0.281. The molecular formula is C13H19BrN2O. The van der Waals surface area contributed by atoms with Gasteiger partial charge in [0.05, 0.1) is 18.8 Å². The van der Waals surface area contributed by atoms with Gasteiger partial charge < -0.3 is 9.64 Å². The van der Waals surface area contributed by atoms with Crippen molar-refractivity contribution in [2.24, 2.45) is 0 Å². The van der Waals surface area contributed by atoms with Crippen LogP contribution in [0, 0.1) is 6.92 Å². The highest BCUT2D eigenvalue weighted by Crippen LogP contribution is 2.24. The van der Waals surface area contributed by atoms with Crippen LogP contribution in [0.2, 0.25) is 0 Å². The minimum atomic E-state index is 0.281. The second-order valence-corrected chi connectivity index (χ2v) is 5.32. The average molecular weight is 299 g/mol. The second-order valence-electron chi connectivity index (χ2n) is 4.76. The van der Waals surface area contributed by atoms with E-state index in [-0.39, 0.29) is 6.10 Å². The molecule has 1 aliphatic heterocycles. The molecule has 0 radical (unpaired) electrons. The molecule has 2 atom stereocenters. The van der Waals surface area contributed by atoms with Gasteiger partial charge in [-0.05, 0) is 31.9 Å². The molecule has 1 aromatic rings. The molecule has 0 aliphatic carbocycles. The predicted molar refractivity (Wildman–Crippen MR) is 73.8 cm³/mol. The molecule has 1 fully saturated rings. The van der Waals surface area contributed by atoms with Gasteiger partial charge in [-0.3, -0.25) is 0 Å². The zero-order valence-electron chi connectivity index (χ0n) is 10.6. The van der Waals surface area contributed by atoms with Crippen LogP contribution in [0.4, 0.5) is 5.82 Å². The van der Waals surface area contributed by atoms with Crippen molar-refractivity contribution in [3.63, 3.8) is 0 Å². The first-order valence-corrected chi connectivity index (χ1v) is 7.13. The summed E-state index contributed by atoms with van der Waals surface area (Å²) in [5, 5.41) is 0.857. The van der Waals surface area contributed by atoms with E-state index >= 15 is 0 Å². The molecule has 2 heterocycles. The Morgan fingerprint density at radius 3 is 2.94 bits per heavy atom. The maximum atomic E-state index is 5.65. The topological polar surface area (TPSA) is 25.4 Å². The molecule has 0 bridgehead atoms. The maximum absolute atomic E-state index is 5.65. The van der Waals surface area contributed by atoms with Crippen molar-refractivity contribution in [1.82, 2.24) is 4.98 Å². The SMILES string of the molecule is Cc1cc(CBr)cnc1N1CC(C)OCC1C. The Morgan fingerprint density at radius 1 is 1.53 bits per heavy atom. The Kier molecular flexibility index (Phi) is 4.05. The van der Waals surface area contributed by atoms with Crippen molar-refractivity contribution in [3.05, 3.63) is 23.4 Å². The van der Waals surface area contributed by atoms with Crippen LogP contribution in [0.25, 0.3) is 0 Å². The first-order valence-electron chi connectivity index (χ1n) is 6.01. The Labute approximate surface area is 111 Å². The monoisotopic (exact) mass is 298 g/mol. The largest absolute Gasteiger partial charge is 0.375 e. The van der Waals surface area contributed by atoms with Crippen LogP contribution in [0.5, 0.6) is 0 Å². The molecule has 4 heteroatoms. The first kappa shape index (κ1) is 12.8. The molecule has 2 unspecified atom stereocenters. The van der Waals surface area contributed by atoms with Crippen LogP contribution in [-0.2, 0) is 10.1 Å². The number of morpholine rings is 1. The summed E-state index contributed by atoms with van der Waals surface area (Å²) >= 11 is 3.46. The minimum Gasteiger partial charge on any atom is -0.375 e. The van der Waals surface area contributed by atoms with Crippen LogP contribution in [-0.4, -0.2) is 30.3 Å². The third kappa shape index (κ3) is 2.80. The Balaban J connectivity index is 2.26. The Bertz CT molecular complexity index is 397. The summed E-state index contributed by atoms with van der Waals surface area (Å²) < 4.78 is 5.65. The second kappa shape index (κ2) is 5.36. The van der Waals surface area contributed by atoms with Gasteiger partial charge in [-0.15, -0.1) is 0 Å². The summed E-state index contributed by atoms with van der Waals surface area (Å²) in [6, 6.07) is 2.59. The van der Waals surface area contributed by atoms with E-state index < -0.39 is 0 Å². The smallest absolute Gasteiger partial charge is 0.131 e. The lowest BCUT2D eigenvalue weighted by molar-refractivity contribution is 0.0340. The molecule has 3 nitrogen and oxygen atoms in total. The van der Waals surface area contributed by atoms with Gasteiger partial charge in [-0.1, -0.05) is 22.0 Å². The van der Waals surface area contributed by atoms with Crippen molar-refractivity contribution in [1.29, 1.82) is 0 Å². The van der Waals surface area contributed by atoms with Crippen molar-refractivity contribution in [2.75, 3.05) is 18.1 Å². The molecule has 94 valence electrons. The lowest BCUT2D eigenvalue weighted by Crippen LogP contribution is -2.48. The quantitative estimate of drug-likeness (QED) is 0.785. The van der Waals surface area contributed by atoms with E-state index in [1.807, 2.05) is 6.20 Å². The van der Waals surface area contributed by atoms with E-state index in [2.05, 4.69) is 52.7 Å². The van der Waals surface area contributed by atoms with Gasteiger partial charge in [0.25, 0.3) is 0 Å². The molecule has 0 amide bonds. The summed E-state index contributed by atoms with van der Waals surface area (Å²) in [4.78, 5) is 6.95. The summed E-state index contributed by atoms with van der Waals surface area (Å²) in [6.45, 7) is 8.12. The van der Waals surface area contributed by atoms with E-state index in [4.69, 9.17) is 4.74 Å². The fraction of sp³-hybridized carbons (Fsp3) is 0.615. The molecule has 17 heavy (non-hydrogen) atoms.